The quantitative estimate of drug-likeness (QED) is 0.678. The molecule has 0 fully saturated rings. The van der Waals surface area contributed by atoms with Gasteiger partial charge in [-0.25, -0.2) is 4.98 Å². The van der Waals surface area contributed by atoms with E-state index in [1.165, 1.54) is 10.8 Å². The summed E-state index contributed by atoms with van der Waals surface area (Å²) in [5.41, 5.74) is 2.97. The number of rotatable bonds is 2. The van der Waals surface area contributed by atoms with E-state index >= 15 is 0 Å². The Hall–Kier alpha value is -2.35. The number of methoxy groups -OCH3 is 1. The second kappa shape index (κ2) is 4.73. The average molecular weight is 249 g/mol. The number of hydrogen-bond donors (Lipinski definition) is 0. The molecule has 0 radical (unpaired) electrons. The molecule has 0 amide bonds. The first kappa shape index (κ1) is 11.7. The van der Waals surface area contributed by atoms with Gasteiger partial charge in [0, 0.05) is 11.3 Å². The van der Waals surface area contributed by atoms with Gasteiger partial charge in [0.1, 0.15) is 11.4 Å². The summed E-state index contributed by atoms with van der Waals surface area (Å²) in [6.45, 7) is 1.99. The number of aromatic nitrogens is 1. The van der Waals surface area contributed by atoms with Crippen molar-refractivity contribution >= 4 is 10.8 Å². The van der Waals surface area contributed by atoms with Crippen LogP contribution in [0.15, 0.2) is 54.6 Å². The number of nitrogens with zero attached hydrogens (tertiary/aromatic N) is 1. The first-order valence-corrected chi connectivity index (χ1v) is 6.29. The Balaban J connectivity index is 2.21. The lowest BCUT2D eigenvalue weighted by Gasteiger charge is -2.09. The van der Waals surface area contributed by atoms with Gasteiger partial charge in [0.05, 0.1) is 7.11 Å². The summed E-state index contributed by atoms with van der Waals surface area (Å²) in [4.78, 5) is 4.60. The number of fused-ring (bicyclic) bond motifs is 1. The second-order valence-corrected chi connectivity index (χ2v) is 4.57. The summed E-state index contributed by atoms with van der Waals surface area (Å²) < 4.78 is 5.40. The van der Waals surface area contributed by atoms with Crippen molar-refractivity contribution in [3.8, 4) is 17.0 Å². The van der Waals surface area contributed by atoms with E-state index in [2.05, 4.69) is 35.3 Å². The summed E-state index contributed by atoms with van der Waals surface area (Å²) in [5.74, 6) is 0.806. The summed E-state index contributed by atoms with van der Waals surface area (Å²) in [7, 11) is 1.68. The first-order chi connectivity index (χ1) is 9.28. The van der Waals surface area contributed by atoms with Gasteiger partial charge in [0.2, 0.25) is 0 Å². The lowest BCUT2D eigenvalue weighted by atomic mass is 10.0. The molecular weight excluding hydrogens is 234 g/mol. The van der Waals surface area contributed by atoms with Crippen molar-refractivity contribution in [1.29, 1.82) is 0 Å². The zero-order valence-electron chi connectivity index (χ0n) is 11.1. The van der Waals surface area contributed by atoms with E-state index in [1.54, 1.807) is 7.11 Å². The van der Waals surface area contributed by atoms with Gasteiger partial charge in [-0.1, -0.05) is 36.4 Å². The Morgan fingerprint density at radius 3 is 2.47 bits per heavy atom. The van der Waals surface area contributed by atoms with Crippen LogP contribution in [0, 0.1) is 6.92 Å². The third-order valence-corrected chi connectivity index (χ3v) is 3.24. The molecule has 0 unspecified atom stereocenters. The largest absolute Gasteiger partial charge is 0.494 e. The van der Waals surface area contributed by atoms with Crippen LogP contribution < -0.4 is 4.74 Å². The number of pyridine rings is 1. The molecule has 19 heavy (non-hydrogen) atoms. The zero-order chi connectivity index (χ0) is 13.2. The molecule has 0 aliphatic heterocycles. The molecule has 0 saturated heterocycles. The summed E-state index contributed by atoms with van der Waals surface area (Å²) >= 11 is 0. The van der Waals surface area contributed by atoms with Crippen molar-refractivity contribution in [2.75, 3.05) is 7.11 Å². The predicted octanol–water partition coefficient (Wildman–Crippen LogP) is 4.22. The molecule has 0 saturated carbocycles. The van der Waals surface area contributed by atoms with E-state index < -0.39 is 0 Å². The van der Waals surface area contributed by atoms with Gasteiger partial charge in [0.25, 0.3) is 0 Å². The maximum Gasteiger partial charge on any atom is 0.145 e. The second-order valence-electron chi connectivity index (χ2n) is 4.57. The lowest BCUT2D eigenvalue weighted by molar-refractivity contribution is 0.414. The van der Waals surface area contributed by atoms with E-state index in [0.29, 0.717) is 0 Å². The van der Waals surface area contributed by atoms with E-state index in [-0.39, 0.29) is 0 Å². The Morgan fingerprint density at radius 1 is 0.895 bits per heavy atom. The monoisotopic (exact) mass is 249 g/mol. The van der Waals surface area contributed by atoms with Crippen LogP contribution in [0.4, 0.5) is 0 Å². The standard InChI is InChI=1S/C17H15NO/c1-12-7-10-16(19-2)17(18-12)15-9-8-13-5-3-4-6-14(13)11-15/h3-11H,1-2H3. The van der Waals surface area contributed by atoms with E-state index in [4.69, 9.17) is 4.74 Å². The van der Waals surface area contributed by atoms with E-state index in [0.717, 1.165) is 22.7 Å². The highest BCUT2D eigenvalue weighted by Crippen LogP contribution is 2.30. The van der Waals surface area contributed by atoms with Gasteiger partial charge in [-0.2, -0.15) is 0 Å². The van der Waals surface area contributed by atoms with Gasteiger partial charge in [0.15, 0.2) is 0 Å². The lowest BCUT2D eigenvalue weighted by Crippen LogP contribution is -1.93. The Kier molecular flexibility index (Phi) is 2.92. The molecule has 1 heterocycles. The minimum absolute atomic E-state index is 0.806. The SMILES string of the molecule is COc1ccc(C)nc1-c1ccc2ccccc2c1. The van der Waals surface area contributed by atoms with Gasteiger partial charge in [-0.15, -0.1) is 0 Å². The topological polar surface area (TPSA) is 22.1 Å². The van der Waals surface area contributed by atoms with Crippen molar-refractivity contribution in [2.24, 2.45) is 0 Å². The molecule has 2 nitrogen and oxygen atoms in total. The minimum atomic E-state index is 0.806. The van der Waals surface area contributed by atoms with Crippen LogP contribution in [-0.4, -0.2) is 12.1 Å². The van der Waals surface area contributed by atoms with Crippen molar-refractivity contribution < 1.29 is 4.74 Å². The average Bonchev–Trinajstić information content (AvgIpc) is 2.46. The van der Waals surface area contributed by atoms with Crippen LogP contribution in [0.5, 0.6) is 5.75 Å². The fraction of sp³-hybridized carbons (Fsp3) is 0.118. The van der Waals surface area contributed by atoms with Crippen molar-refractivity contribution in [2.45, 2.75) is 6.92 Å². The minimum Gasteiger partial charge on any atom is -0.494 e. The van der Waals surface area contributed by atoms with Gasteiger partial charge < -0.3 is 4.74 Å². The molecule has 0 N–H and O–H groups in total. The number of hydrogen-bond acceptors (Lipinski definition) is 2. The highest BCUT2D eigenvalue weighted by molar-refractivity contribution is 5.87. The summed E-state index contributed by atoms with van der Waals surface area (Å²) in [5, 5.41) is 2.45. The fourth-order valence-electron chi connectivity index (χ4n) is 2.25. The van der Waals surface area contributed by atoms with Gasteiger partial charge >= 0.3 is 0 Å². The maximum absolute atomic E-state index is 5.40. The summed E-state index contributed by atoms with van der Waals surface area (Å²) in [6, 6.07) is 18.6. The molecule has 0 bridgehead atoms. The predicted molar refractivity (Wildman–Crippen MR) is 78.5 cm³/mol. The number of aryl methyl sites for hydroxylation is 1. The third-order valence-electron chi connectivity index (χ3n) is 3.24. The Morgan fingerprint density at radius 2 is 1.68 bits per heavy atom. The molecular formula is C17H15NO. The van der Waals surface area contributed by atoms with Crippen molar-refractivity contribution in [3.63, 3.8) is 0 Å². The molecule has 0 aliphatic rings. The molecule has 1 aromatic heterocycles. The van der Waals surface area contributed by atoms with E-state index in [1.807, 2.05) is 31.2 Å². The van der Waals surface area contributed by atoms with E-state index in [9.17, 15) is 0 Å². The smallest absolute Gasteiger partial charge is 0.145 e. The molecule has 3 rings (SSSR count). The molecule has 3 aromatic rings. The van der Waals surface area contributed by atoms with Gasteiger partial charge in [-0.05, 0) is 35.9 Å². The van der Waals surface area contributed by atoms with Crippen molar-refractivity contribution in [3.05, 3.63) is 60.3 Å². The fourth-order valence-corrected chi connectivity index (χ4v) is 2.25. The molecule has 0 atom stereocenters. The highest BCUT2D eigenvalue weighted by atomic mass is 16.5. The Bertz CT molecular complexity index is 734. The van der Waals surface area contributed by atoms with Crippen LogP contribution in [-0.2, 0) is 0 Å². The number of benzene rings is 2. The normalized spacial score (nSPS) is 10.6. The molecule has 2 aromatic carbocycles. The zero-order valence-corrected chi connectivity index (χ0v) is 11.1. The molecule has 94 valence electrons. The first-order valence-electron chi connectivity index (χ1n) is 6.29. The van der Waals surface area contributed by atoms with Crippen LogP contribution in [0.3, 0.4) is 0 Å². The van der Waals surface area contributed by atoms with Crippen LogP contribution in [0.2, 0.25) is 0 Å². The van der Waals surface area contributed by atoms with Crippen LogP contribution in [0.25, 0.3) is 22.0 Å². The summed E-state index contributed by atoms with van der Waals surface area (Å²) in [6.07, 6.45) is 0. The molecule has 0 aliphatic carbocycles. The molecule has 0 spiro atoms. The molecule has 2 heteroatoms. The van der Waals surface area contributed by atoms with Crippen LogP contribution >= 0.6 is 0 Å². The van der Waals surface area contributed by atoms with Gasteiger partial charge in [-0.3, -0.25) is 0 Å². The maximum atomic E-state index is 5.40. The number of ether oxygens (including phenoxy) is 1. The van der Waals surface area contributed by atoms with Crippen molar-refractivity contribution in [1.82, 2.24) is 4.98 Å². The third kappa shape index (κ3) is 2.17. The van der Waals surface area contributed by atoms with Crippen LogP contribution in [0.1, 0.15) is 5.69 Å². The Labute approximate surface area is 112 Å². The highest BCUT2D eigenvalue weighted by Gasteiger charge is 2.08.